The summed E-state index contributed by atoms with van der Waals surface area (Å²) < 4.78 is 5.43. The van der Waals surface area contributed by atoms with Gasteiger partial charge in [-0.1, -0.05) is 18.2 Å². The van der Waals surface area contributed by atoms with E-state index in [1.54, 1.807) is 0 Å². The van der Waals surface area contributed by atoms with E-state index in [1.165, 1.54) is 10.9 Å². The summed E-state index contributed by atoms with van der Waals surface area (Å²) in [4.78, 5) is 3.29. The number of nitrogens with zero attached hydrogens (tertiary/aromatic N) is 1. The first kappa shape index (κ1) is 11.3. The summed E-state index contributed by atoms with van der Waals surface area (Å²) in [7, 11) is 0. The van der Waals surface area contributed by atoms with E-state index in [0.717, 1.165) is 5.52 Å². The van der Waals surface area contributed by atoms with Crippen molar-refractivity contribution in [3.05, 3.63) is 36.0 Å². The Bertz CT molecular complexity index is 629. The lowest BCUT2D eigenvalue weighted by atomic mass is 9.61. The molecule has 3 rings (SSSR count). The van der Waals surface area contributed by atoms with Gasteiger partial charge in [0.05, 0.1) is 30.1 Å². The summed E-state index contributed by atoms with van der Waals surface area (Å²) in [5.74, 6) is 0. The van der Waals surface area contributed by atoms with Gasteiger partial charge >= 0.3 is 0 Å². The van der Waals surface area contributed by atoms with Crippen molar-refractivity contribution in [3.63, 3.8) is 0 Å². The van der Waals surface area contributed by atoms with Crippen LogP contribution in [0.25, 0.3) is 10.9 Å². The van der Waals surface area contributed by atoms with Crippen molar-refractivity contribution < 1.29 is 4.74 Å². The van der Waals surface area contributed by atoms with Crippen molar-refractivity contribution in [2.75, 3.05) is 13.2 Å². The molecule has 1 fully saturated rings. The number of nitriles is 1. The van der Waals surface area contributed by atoms with Crippen molar-refractivity contribution in [1.82, 2.24) is 4.98 Å². The number of benzene rings is 1. The molecule has 0 spiro atoms. The number of aromatic amines is 1. The molecule has 0 aliphatic carbocycles. The maximum absolute atomic E-state index is 9.45. The fraction of sp³-hybridized carbons (Fsp3) is 0.400. The summed E-state index contributed by atoms with van der Waals surface area (Å²) in [5.41, 5.74) is 1.70. The zero-order valence-corrected chi connectivity index (χ0v) is 10.7. The fourth-order valence-electron chi connectivity index (χ4n) is 2.73. The highest BCUT2D eigenvalue weighted by atomic mass is 16.5. The maximum Gasteiger partial charge on any atom is 0.0695 e. The van der Waals surface area contributed by atoms with E-state index in [9.17, 15) is 5.26 Å². The Morgan fingerprint density at radius 2 is 2.06 bits per heavy atom. The fourth-order valence-corrected chi connectivity index (χ4v) is 2.73. The van der Waals surface area contributed by atoms with Crippen LogP contribution < -0.4 is 0 Å². The van der Waals surface area contributed by atoms with E-state index < -0.39 is 5.41 Å². The van der Waals surface area contributed by atoms with Gasteiger partial charge in [-0.25, -0.2) is 0 Å². The van der Waals surface area contributed by atoms with E-state index >= 15 is 0 Å². The van der Waals surface area contributed by atoms with E-state index in [0.29, 0.717) is 13.2 Å². The lowest BCUT2D eigenvalue weighted by molar-refractivity contribution is -0.102. The molecule has 1 aromatic carbocycles. The van der Waals surface area contributed by atoms with Crippen LogP contribution in [0, 0.1) is 16.7 Å². The maximum atomic E-state index is 9.45. The average molecular weight is 240 g/mol. The first-order valence-corrected chi connectivity index (χ1v) is 6.16. The van der Waals surface area contributed by atoms with E-state index in [1.807, 2.05) is 32.2 Å². The van der Waals surface area contributed by atoms with Gasteiger partial charge in [-0.15, -0.1) is 0 Å². The molecule has 0 bridgehead atoms. The number of fused-ring (bicyclic) bond motifs is 1. The van der Waals surface area contributed by atoms with Gasteiger partial charge in [-0.2, -0.15) is 5.26 Å². The largest absolute Gasteiger partial charge is 0.379 e. The van der Waals surface area contributed by atoms with Crippen LogP contribution in [0.1, 0.15) is 19.4 Å². The third-order valence-corrected chi connectivity index (χ3v) is 4.28. The third-order valence-electron chi connectivity index (χ3n) is 4.28. The SMILES string of the molecule is CC(C)(C#N)C1(c2c[nH]c3ccccc23)COC1. The normalized spacial score (nSPS) is 18.3. The Morgan fingerprint density at radius 1 is 1.33 bits per heavy atom. The van der Waals surface area contributed by atoms with Crippen molar-refractivity contribution >= 4 is 10.9 Å². The van der Waals surface area contributed by atoms with Gasteiger partial charge < -0.3 is 9.72 Å². The molecule has 0 unspecified atom stereocenters. The van der Waals surface area contributed by atoms with Gasteiger partial charge in [0.25, 0.3) is 0 Å². The van der Waals surface area contributed by atoms with Gasteiger partial charge in [-0.05, 0) is 25.5 Å². The molecular weight excluding hydrogens is 224 g/mol. The molecule has 0 amide bonds. The molecule has 3 heteroatoms. The van der Waals surface area contributed by atoms with Gasteiger partial charge in [0.15, 0.2) is 0 Å². The number of rotatable bonds is 2. The summed E-state index contributed by atoms with van der Waals surface area (Å²) >= 11 is 0. The Labute approximate surface area is 106 Å². The number of hydrogen-bond donors (Lipinski definition) is 1. The van der Waals surface area contributed by atoms with Crippen molar-refractivity contribution in [2.24, 2.45) is 5.41 Å². The second-order valence-electron chi connectivity index (χ2n) is 5.56. The molecule has 18 heavy (non-hydrogen) atoms. The average Bonchev–Trinajstić information content (AvgIpc) is 2.72. The summed E-state index contributed by atoms with van der Waals surface area (Å²) in [6.45, 7) is 5.24. The van der Waals surface area contributed by atoms with Crippen molar-refractivity contribution in [2.45, 2.75) is 19.3 Å². The Kier molecular flexibility index (Phi) is 2.26. The second kappa shape index (κ2) is 3.60. The molecule has 0 saturated carbocycles. The van der Waals surface area contributed by atoms with Crippen LogP contribution in [0.2, 0.25) is 0 Å². The van der Waals surface area contributed by atoms with Crippen molar-refractivity contribution in [1.29, 1.82) is 5.26 Å². The van der Waals surface area contributed by atoms with Crippen LogP contribution in [0.3, 0.4) is 0 Å². The highest BCUT2D eigenvalue weighted by molar-refractivity contribution is 5.84. The van der Waals surface area contributed by atoms with E-state index in [4.69, 9.17) is 4.74 Å². The molecular formula is C15H16N2O. The minimum atomic E-state index is -0.434. The predicted molar refractivity (Wildman–Crippen MR) is 70.2 cm³/mol. The quantitative estimate of drug-likeness (QED) is 0.877. The number of H-pyrrole nitrogens is 1. The molecule has 1 aliphatic rings. The molecule has 2 heterocycles. The van der Waals surface area contributed by atoms with E-state index in [2.05, 4.69) is 23.2 Å². The minimum Gasteiger partial charge on any atom is -0.379 e. The smallest absolute Gasteiger partial charge is 0.0695 e. The van der Waals surface area contributed by atoms with Crippen LogP contribution in [0.15, 0.2) is 30.5 Å². The van der Waals surface area contributed by atoms with Crippen molar-refractivity contribution in [3.8, 4) is 6.07 Å². The standard InChI is InChI=1S/C15H16N2O/c1-14(2,8-16)15(9-18-10-15)12-7-17-13-6-4-3-5-11(12)13/h3-7,17H,9-10H2,1-2H3. The molecule has 1 aliphatic heterocycles. The Balaban J connectivity index is 2.22. The zero-order valence-electron chi connectivity index (χ0n) is 10.7. The third kappa shape index (κ3) is 1.27. The lowest BCUT2D eigenvalue weighted by Crippen LogP contribution is -2.56. The molecule has 0 atom stereocenters. The van der Waals surface area contributed by atoms with Gasteiger partial charge in [0.1, 0.15) is 0 Å². The summed E-state index contributed by atoms with van der Waals surface area (Å²) in [6, 6.07) is 10.7. The van der Waals surface area contributed by atoms with Crippen LogP contribution in [-0.4, -0.2) is 18.2 Å². The highest BCUT2D eigenvalue weighted by Crippen LogP contribution is 2.48. The number of hydrogen-bond acceptors (Lipinski definition) is 2. The van der Waals surface area contributed by atoms with Gasteiger partial charge in [0.2, 0.25) is 0 Å². The molecule has 0 radical (unpaired) electrons. The van der Waals surface area contributed by atoms with Crippen LogP contribution in [0.4, 0.5) is 0 Å². The number of nitrogens with one attached hydrogen (secondary N) is 1. The van der Waals surface area contributed by atoms with Crippen LogP contribution in [0.5, 0.6) is 0 Å². The number of aromatic nitrogens is 1. The molecule has 1 aromatic heterocycles. The topological polar surface area (TPSA) is 48.8 Å². The number of para-hydroxylation sites is 1. The minimum absolute atomic E-state index is 0.193. The molecule has 3 nitrogen and oxygen atoms in total. The Hall–Kier alpha value is -1.79. The monoisotopic (exact) mass is 240 g/mol. The molecule has 92 valence electrons. The lowest BCUT2D eigenvalue weighted by Gasteiger charge is -2.49. The molecule has 2 aromatic rings. The summed E-state index contributed by atoms with van der Waals surface area (Å²) in [6.07, 6.45) is 2.03. The van der Waals surface area contributed by atoms with Crippen LogP contribution >= 0.6 is 0 Å². The predicted octanol–water partition coefficient (Wildman–Crippen LogP) is 2.99. The molecule has 1 saturated heterocycles. The second-order valence-corrected chi connectivity index (χ2v) is 5.56. The van der Waals surface area contributed by atoms with Gasteiger partial charge in [-0.3, -0.25) is 0 Å². The molecule has 1 N–H and O–H groups in total. The first-order valence-electron chi connectivity index (χ1n) is 6.16. The number of ether oxygens (including phenoxy) is 1. The first-order chi connectivity index (χ1) is 8.61. The highest BCUT2D eigenvalue weighted by Gasteiger charge is 2.53. The van der Waals surface area contributed by atoms with E-state index in [-0.39, 0.29) is 5.41 Å². The Morgan fingerprint density at radius 3 is 2.67 bits per heavy atom. The zero-order chi connectivity index (χ0) is 12.8. The van der Waals surface area contributed by atoms with Crippen LogP contribution in [-0.2, 0) is 10.2 Å². The summed E-state index contributed by atoms with van der Waals surface area (Å²) in [5, 5.41) is 10.6. The van der Waals surface area contributed by atoms with Gasteiger partial charge in [0, 0.05) is 17.1 Å².